The number of fused-ring (bicyclic) bond motifs is 2. The molecule has 0 aliphatic carbocycles. The number of phosphoric ester groups is 1. The number of aliphatic hydroxyl groups is 1. The Kier molecular flexibility index (Phi) is 5.87. The van der Waals surface area contributed by atoms with Crippen LogP contribution in [0.15, 0.2) is 60.7 Å². The molecule has 0 spiro atoms. The van der Waals surface area contributed by atoms with E-state index in [9.17, 15) is 9.67 Å². The van der Waals surface area contributed by atoms with E-state index in [-0.39, 0.29) is 6.61 Å². The summed E-state index contributed by atoms with van der Waals surface area (Å²) in [5.74, 6) is 0. The van der Waals surface area contributed by atoms with Crippen LogP contribution in [0.25, 0.3) is 43.1 Å². The Morgan fingerprint density at radius 3 is 1.71 bits per heavy atom. The van der Waals surface area contributed by atoms with E-state index in [2.05, 4.69) is 65.2 Å². The number of benzene rings is 5. The molecule has 5 rings (SSSR count). The van der Waals surface area contributed by atoms with Crippen molar-refractivity contribution in [1.29, 1.82) is 0 Å². The lowest BCUT2D eigenvalue weighted by Crippen LogP contribution is -2.19. The molecule has 176 valence electrons. The molecule has 0 fully saturated rings. The third-order valence-corrected chi connectivity index (χ3v) is 7.22. The van der Waals surface area contributed by atoms with Crippen molar-refractivity contribution >= 4 is 50.9 Å². The van der Waals surface area contributed by atoms with Crippen LogP contribution in [0.2, 0.25) is 0 Å². The first kappa shape index (κ1) is 23.2. The third-order valence-electron chi connectivity index (χ3n) is 6.70. The fourth-order valence-electron chi connectivity index (χ4n) is 5.15. The van der Waals surface area contributed by atoms with Crippen LogP contribution in [0, 0.1) is 0 Å². The minimum absolute atomic E-state index is 0.0166. The third kappa shape index (κ3) is 4.43. The lowest BCUT2D eigenvalue weighted by atomic mass is 9.85. The maximum Gasteiger partial charge on any atom is 0.469 e. The summed E-state index contributed by atoms with van der Waals surface area (Å²) in [6.45, 7) is 3.72. The van der Waals surface area contributed by atoms with Crippen LogP contribution in [0.4, 0.5) is 0 Å². The van der Waals surface area contributed by atoms with E-state index in [1.807, 2.05) is 13.8 Å². The number of rotatable bonds is 8. The maximum atomic E-state index is 11.0. The molecule has 0 bridgehead atoms. The van der Waals surface area contributed by atoms with Gasteiger partial charge in [-0.1, -0.05) is 60.7 Å². The molecule has 34 heavy (non-hydrogen) atoms. The minimum atomic E-state index is -4.44. The highest BCUT2D eigenvalue weighted by atomic mass is 31.2. The van der Waals surface area contributed by atoms with Gasteiger partial charge in [-0.15, -0.1) is 0 Å². The van der Waals surface area contributed by atoms with Gasteiger partial charge in [0.25, 0.3) is 0 Å². The second-order valence-electron chi connectivity index (χ2n) is 9.74. The van der Waals surface area contributed by atoms with Gasteiger partial charge >= 0.3 is 7.82 Å². The topological polar surface area (TPSA) is 87.0 Å². The second kappa shape index (κ2) is 8.60. The summed E-state index contributed by atoms with van der Waals surface area (Å²) in [5.41, 5.74) is 1.69. The van der Waals surface area contributed by atoms with Gasteiger partial charge in [-0.3, -0.25) is 4.52 Å². The van der Waals surface area contributed by atoms with Crippen LogP contribution in [0.3, 0.4) is 0 Å². The highest BCUT2D eigenvalue weighted by Crippen LogP contribution is 2.42. The molecule has 0 aliphatic heterocycles. The molecular formula is C28H29O5P. The Morgan fingerprint density at radius 2 is 1.21 bits per heavy atom. The maximum absolute atomic E-state index is 11.0. The van der Waals surface area contributed by atoms with Crippen LogP contribution in [0.5, 0.6) is 0 Å². The second-order valence-corrected chi connectivity index (χ2v) is 11.0. The van der Waals surface area contributed by atoms with Crippen molar-refractivity contribution in [3.63, 3.8) is 0 Å². The van der Waals surface area contributed by atoms with Gasteiger partial charge in [-0.2, -0.15) is 0 Å². The smallest absolute Gasteiger partial charge is 0.390 e. The molecule has 5 nitrogen and oxygen atoms in total. The van der Waals surface area contributed by atoms with Crippen molar-refractivity contribution in [2.75, 3.05) is 6.61 Å². The molecule has 0 saturated carbocycles. The largest absolute Gasteiger partial charge is 0.469 e. The van der Waals surface area contributed by atoms with Crippen molar-refractivity contribution in [1.82, 2.24) is 0 Å². The van der Waals surface area contributed by atoms with E-state index >= 15 is 0 Å². The molecule has 6 heteroatoms. The van der Waals surface area contributed by atoms with Gasteiger partial charge in [-0.05, 0) is 93.7 Å². The molecule has 0 unspecified atom stereocenters. The average molecular weight is 477 g/mol. The molecule has 0 saturated heterocycles. The Balaban J connectivity index is 1.65. The number of aryl methyl sites for hydroxylation is 2. The van der Waals surface area contributed by atoms with Gasteiger partial charge in [-0.25, -0.2) is 4.57 Å². The quantitative estimate of drug-likeness (QED) is 0.103. The van der Waals surface area contributed by atoms with Crippen molar-refractivity contribution < 1.29 is 24.0 Å². The summed E-state index contributed by atoms with van der Waals surface area (Å²) in [7, 11) is -4.44. The van der Waals surface area contributed by atoms with Crippen molar-refractivity contribution in [3.05, 3.63) is 71.8 Å². The lowest BCUT2D eigenvalue weighted by Gasteiger charge is -2.20. The first-order valence-corrected chi connectivity index (χ1v) is 13.2. The molecule has 5 aromatic carbocycles. The molecule has 0 radical (unpaired) electrons. The van der Waals surface area contributed by atoms with E-state index in [0.29, 0.717) is 19.3 Å². The first-order chi connectivity index (χ1) is 16.1. The highest BCUT2D eigenvalue weighted by molar-refractivity contribution is 7.46. The van der Waals surface area contributed by atoms with Gasteiger partial charge in [0, 0.05) is 0 Å². The number of hydrogen-bond donors (Lipinski definition) is 3. The van der Waals surface area contributed by atoms with Crippen LogP contribution in [-0.2, 0) is 21.9 Å². The predicted octanol–water partition coefficient (Wildman–Crippen LogP) is 6.48. The molecule has 3 N–H and O–H groups in total. The SMILES string of the molecule is CC(C)(O)CCc1ccc2c3cccc4c(CCCOP(=O)(O)O)ccc(c5cccc1c52)c43. The van der Waals surface area contributed by atoms with E-state index in [0.717, 1.165) is 12.0 Å². The summed E-state index contributed by atoms with van der Waals surface area (Å²) in [6.07, 6.45) is 2.72. The zero-order valence-electron chi connectivity index (χ0n) is 19.4. The molecular weight excluding hydrogens is 447 g/mol. The summed E-state index contributed by atoms with van der Waals surface area (Å²) < 4.78 is 15.6. The lowest BCUT2D eigenvalue weighted by molar-refractivity contribution is 0.0715. The number of hydrogen-bond acceptors (Lipinski definition) is 3. The van der Waals surface area contributed by atoms with Gasteiger partial charge in [0.15, 0.2) is 0 Å². The Morgan fingerprint density at radius 1 is 0.735 bits per heavy atom. The fraction of sp³-hybridized carbons (Fsp3) is 0.286. The Bertz CT molecular complexity index is 1520. The average Bonchev–Trinajstić information content (AvgIpc) is 2.78. The van der Waals surface area contributed by atoms with Crippen molar-refractivity contribution in [2.45, 2.75) is 45.1 Å². The van der Waals surface area contributed by atoms with Crippen molar-refractivity contribution in [2.24, 2.45) is 0 Å². The van der Waals surface area contributed by atoms with Crippen molar-refractivity contribution in [3.8, 4) is 0 Å². The summed E-state index contributed by atoms with van der Waals surface area (Å²) >= 11 is 0. The monoisotopic (exact) mass is 476 g/mol. The normalized spacial score (nSPS) is 13.1. The van der Waals surface area contributed by atoms with Gasteiger partial charge < -0.3 is 14.9 Å². The van der Waals surface area contributed by atoms with Gasteiger partial charge in [0.05, 0.1) is 12.2 Å². The van der Waals surface area contributed by atoms with Gasteiger partial charge in [0.1, 0.15) is 0 Å². The summed E-state index contributed by atoms with van der Waals surface area (Å²) in [6, 6.07) is 21.6. The Hall–Kier alpha value is -2.53. The zero-order chi connectivity index (χ0) is 24.1. The predicted molar refractivity (Wildman–Crippen MR) is 139 cm³/mol. The number of phosphoric acid groups is 1. The first-order valence-electron chi connectivity index (χ1n) is 11.6. The molecule has 0 heterocycles. The fourth-order valence-corrected chi connectivity index (χ4v) is 5.52. The van der Waals surface area contributed by atoms with E-state index in [4.69, 9.17) is 9.79 Å². The van der Waals surface area contributed by atoms with Crippen LogP contribution < -0.4 is 0 Å². The van der Waals surface area contributed by atoms with E-state index < -0.39 is 13.4 Å². The van der Waals surface area contributed by atoms with Crippen LogP contribution in [0.1, 0.15) is 37.8 Å². The molecule has 0 atom stereocenters. The molecule has 0 aromatic heterocycles. The van der Waals surface area contributed by atoms with Crippen LogP contribution in [-0.4, -0.2) is 27.1 Å². The molecule has 0 aliphatic rings. The Labute approximate surface area is 198 Å². The highest BCUT2D eigenvalue weighted by Gasteiger charge is 2.18. The molecule has 0 amide bonds. The summed E-state index contributed by atoms with van der Waals surface area (Å²) in [4.78, 5) is 17.9. The summed E-state index contributed by atoms with van der Waals surface area (Å²) in [5, 5.41) is 20.0. The van der Waals surface area contributed by atoms with Crippen LogP contribution >= 0.6 is 7.82 Å². The molecule has 5 aromatic rings. The van der Waals surface area contributed by atoms with E-state index in [1.54, 1.807) is 0 Å². The standard InChI is InChI=1S/C28H29O5P/c1-28(2,29)16-15-19-12-14-25-22-9-3-7-20-18(6-5-17-33-34(30,31)32)11-13-24(26(20)22)23-10-4-8-21(19)27(23)25/h3-4,7-14,29H,5-6,15-17H2,1-2H3,(H2,30,31,32). The van der Waals surface area contributed by atoms with Gasteiger partial charge in [0.2, 0.25) is 0 Å². The minimum Gasteiger partial charge on any atom is -0.390 e. The van der Waals surface area contributed by atoms with E-state index in [1.165, 1.54) is 48.7 Å². The zero-order valence-corrected chi connectivity index (χ0v) is 20.3.